The topological polar surface area (TPSA) is 18.5 Å². The molecule has 0 heterocycles. The lowest BCUT2D eigenvalue weighted by atomic mass is 9.80. The van der Waals surface area contributed by atoms with E-state index in [-0.39, 0.29) is 0 Å². The fourth-order valence-corrected chi connectivity index (χ4v) is 2.21. The molecular weight excluding hydrogens is 164 g/mol. The van der Waals surface area contributed by atoms with Crippen molar-refractivity contribution in [2.75, 3.05) is 20.3 Å². The maximum absolute atomic E-state index is 5.81. The summed E-state index contributed by atoms with van der Waals surface area (Å²) in [5, 5.41) is 0. The van der Waals surface area contributed by atoms with Gasteiger partial charge in [-0.3, -0.25) is 0 Å². The molecule has 74 valence electrons. The number of hydrogen-bond acceptors (Lipinski definition) is 2. The van der Waals surface area contributed by atoms with Crippen molar-refractivity contribution in [3.63, 3.8) is 0 Å². The number of fused-ring (bicyclic) bond motifs is 1. The Kier molecular flexibility index (Phi) is 3.01. The standard InChI is InChI=1S/C11H18O2/c1-12-7-2-8-13-11-6-4-9-3-5-10(9)11/h4,10-11H,2-3,5-8H2,1H3. The normalized spacial score (nSPS) is 31.0. The summed E-state index contributed by atoms with van der Waals surface area (Å²) in [5.74, 6) is 0.780. The summed E-state index contributed by atoms with van der Waals surface area (Å²) in [6.07, 6.45) is 7.71. The minimum atomic E-state index is 0.501. The van der Waals surface area contributed by atoms with E-state index in [2.05, 4.69) is 6.08 Å². The van der Waals surface area contributed by atoms with Gasteiger partial charge in [0.25, 0.3) is 0 Å². The van der Waals surface area contributed by atoms with Crippen LogP contribution in [0.25, 0.3) is 0 Å². The predicted molar refractivity (Wildman–Crippen MR) is 51.7 cm³/mol. The largest absolute Gasteiger partial charge is 0.385 e. The van der Waals surface area contributed by atoms with E-state index in [9.17, 15) is 0 Å². The van der Waals surface area contributed by atoms with Crippen LogP contribution in [0.1, 0.15) is 25.7 Å². The van der Waals surface area contributed by atoms with E-state index in [1.165, 1.54) is 12.8 Å². The molecule has 0 aromatic heterocycles. The monoisotopic (exact) mass is 182 g/mol. The van der Waals surface area contributed by atoms with Crippen LogP contribution in [0.15, 0.2) is 11.6 Å². The molecule has 2 aliphatic rings. The molecule has 2 heteroatoms. The molecule has 0 N–H and O–H groups in total. The smallest absolute Gasteiger partial charge is 0.0674 e. The summed E-state index contributed by atoms with van der Waals surface area (Å²) in [6.45, 7) is 1.67. The lowest BCUT2D eigenvalue weighted by Gasteiger charge is -2.30. The molecule has 0 saturated heterocycles. The van der Waals surface area contributed by atoms with E-state index >= 15 is 0 Å². The third-order valence-corrected chi connectivity index (χ3v) is 3.11. The minimum Gasteiger partial charge on any atom is -0.385 e. The van der Waals surface area contributed by atoms with Crippen LogP contribution in [-0.2, 0) is 9.47 Å². The minimum absolute atomic E-state index is 0.501. The molecule has 2 unspecified atom stereocenters. The highest BCUT2D eigenvalue weighted by Crippen LogP contribution is 2.43. The Morgan fingerprint density at radius 3 is 3.00 bits per heavy atom. The maximum atomic E-state index is 5.81. The molecule has 2 atom stereocenters. The zero-order valence-electron chi connectivity index (χ0n) is 8.29. The van der Waals surface area contributed by atoms with Gasteiger partial charge in [0.1, 0.15) is 0 Å². The predicted octanol–water partition coefficient (Wildman–Crippen LogP) is 2.15. The number of rotatable bonds is 5. The van der Waals surface area contributed by atoms with Crippen LogP contribution >= 0.6 is 0 Å². The number of ether oxygens (including phenoxy) is 2. The third kappa shape index (κ3) is 1.94. The van der Waals surface area contributed by atoms with Crippen LogP contribution in [0.5, 0.6) is 0 Å². The summed E-state index contributed by atoms with van der Waals surface area (Å²) in [5.41, 5.74) is 1.65. The van der Waals surface area contributed by atoms with Gasteiger partial charge in [-0.15, -0.1) is 0 Å². The van der Waals surface area contributed by atoms with Crippen LogP contribution in [-0.4, -0.2) is 26.4 Å². The summed E-state index contributed by atoms with van der Waals surface area (Å²) in [4.78, 5) is 0. The molecule has 2 nitrogen and oxygen atoms in total. The number of methoxy groups -OCH3 is 1. The SMILES string of the molecule is COCCCOC1CC=C2CCC21. The van der Waals surface area contributed by atoms with Gasteiger partial charge in [-0.25, -0.2) is 0 Å². The van der Waals surface area contributed by atoms with Gasteiger partial charge in [0.15, 0.2) is 0 Å². The second-order valence-electron chi connectivity index (χ2n) is 3.92. The summed E-state index contributed by atoms with van der Waals surface area (Å²) in [6, 6.07) is 0. The van der Waals surface area contributed by atoms with Gasteiger partial charge < -0.3 is 9.47 Å². The zero-order valence-corrected chi connectivity index (χ0v) is 8.29. The van der Waals surface area contributed by atoms with E-state index in [0.717, 1.165) is 32.0 Å². The molecular formula is C11H18O2. The average molecular weight is 182 g/mol. The average Bonchev–Trinajstić information content (AvgIpc) is 2.35. The molecule has 13 heavy (non-hydrogen) atoms. The first-order chi connectivity index (χ1) is 6.42. The van der Waals surface area contributed by atoms with E-state index in [1.54, 1.807) is 12.7 Å². The second-order valence-corrected chi connectivity index (χ2v) is 3.92. The van der Waals surface area contributed by atoms with Crippen molar-refractivity contribution in [1.82, 2.24) is 0 Å². The Bertz CT molecular complexity index is 198. The first-order valence-corrected chi connectivity index (χ1v) is 5.21. The number of hydrogen-bond donors (Lipinski definition) is 0. The highest BCUT2D eigenvalue weighted by Gasteiger charge is 2.36. The van der Waals surface area contributed by atoms with Gasteiger partial charge in [0.05, 0.1) is 6.10 Å². The van der Waals surface area contributed by atoms with Gasteiger partial charge in [-0.1, -0.05) is 11.6 Å². The molecule has 0 aromatic rings. The molecule has 1 fully saturated rings. The summed E-state index contributed by atoms with van der Waals surface area (Å²) < 4.78 is 10.8. The molecule has 2 aliphatic carbocycles. The molecule has 0 aromatic carbocycles. The van der Waals surface area contributed by atoms with Crippen molar-refractivity contribution >= 4 is 0 Å². The lowest BCUT2D eigenvalue weighted by molar-refractivity contribution is 0.0107. The highest BCUT2D eigenvalue weighted by molar-refractivity contribution is 5.23. The third-order valence-electron chi connectivity index (χ3n) is 3.11. The first kappa shape index (κ1) is 9.22. The van der Waals surface area contributed by atoms with Gasteiger partial charge in [-0.2, -0.15) is 0 Å². The van der Waals surface area contributed by atoms with Crippen LogP contribution in [0.4, 0.5) is 0 Å². The van der Waals surface area contributed by atoms with Crippen LogP contribution in [0, 0.1) is 5.92 Å². The Labute approximate surface area is 79.9 Å². The molecule has 0 bridgehead atoms. The Hall–Kier alpha value is -0.340. The summed E-state index contributed by atoms with van der Waals surface area (Å²) >= 11 is 0. The van der Waals surface area contributed by atoms with Crippen LogP contribution in [0.3, 0.4) is 0 Å². The Morgan fingerprint density at radius 2 is 2.38 bits per heavy atom. The molecule has 0 aliphatic heterocycles. The van der Waals surface area contributed by atoms with Crippen molar-refractivity contribution in [2.24, 2.45) is 5.92 Å². The van der Waals surface area contributed by atoms with Crippen molar-refractivity contribution in [2.45, 2.75) is 31.8 Å². The molecule has 2 rings (SSSR count). The second kappa shape index (κ2) is 4.25. The summed E-state index contributed by atoms with van der Waals surface area (Å²) in [7, 11) is 1.74. The van der Waals surface area contributed by atoms with E-state index in [4.69, 9.17) is 9.47 Å². The van der Waals surface area contributed by atoms with Crippen LogP contribution in [0.2, 0.25) is 0 Å². The fourth-order valence-electron chi connectivity index (χ4n) is 2.21. The molecule has 0 radical (unpaired) electrons. The van der Waals surface area contributed by atoms with Gasteiger partial charge in [0, 0.05) is 26.2 Å². The van der Waals surface area contributed by atoms with Gasteiger partial charge in [0.2, 0.25) is 0 Å². The van der Waals surface area contributed by atoms with E-state index in [1.807, 2.05) is 0 Å². The van der Waals surface area contributed by atoms with E-state index < -0.39 is 0 Å². The zero-order chi connectivity index (χ0) is 9.10. The first-order valence-electron chi connectivity index (χ1n) is 5.21. The van der Waals surface area contributed by atoms with E-state index in [0.29, 0.717) is 6.10 Å². The molecule has 0 spiro atoms. The Morgan fingerprint density at radius 1 is 1.46 bits per heavy atom. The molecule has 0 amide bonds. The highest BCUT2D eigenvalue weighted by atomic mass is 16.5. The van der Waals surface area contributed by atoms with Crippen molar-refractivity contribution in [3.8, 4) is 0 Å². The maximum Gasteiger partial charge on any atom is 0.0674 e. The van der Waals surface area contributed by atoms with Crippen molar-refractivity contribution in [3.05, 3.63) is 11.6 Å². The lowest BCUT2D eigenvalue weighted by Crippen LogP contribution is -2.27. The van der Waals surface area contributed by atoms with Crippen LogP contribution < -0.4 is 0 Å². The van der Waals surface area contributed by atoms with Gasteiger partial charge in [-0.05, 0) is 25.7 Å². The quantitative estimate of drug-likeness (QED) is 0.479. The fraction of sp³-hybridized carbons (Fsp3) is 0.818. The van der Waals surface area contributed by atoms with Crippen molar-refractivity contribution < 1.29 is 9.47 Å². The van der Waals surface area contributed by atoms with Gasteiger partial charge >= 0.3 is 0 Å². The van der Waals surface area contributed by atoms with Crippen molar-refractivity contribution in [1.29, 1.82) is 0 Å². The molecule has 1 saturated carbocycles. The Balaban J connectivity index is 1.61.